The number of furan rings is 1. The first-order chi connectivity index (χ1) is 13.0. The average Bonchev–Trinajstić information content (AvgIpc) is 3.21. The van der Waals surface area contributed by atoms with Crippen LogP contribution in [-0.4, -0.2) is 22.9 Å². The Morgan fingerprint density at radius 2 is 1.89 bits per heavy atom. The first-order valence-corrected chi connectivity index (χ1v) is 9.13. The highest BCUT2D eigenvalue weighted by Crippen LogP contribution is 2.21. The molecule has 27 heavy (non-hydrogen) atoms. The van der Waals surface area contributed by atoms with Crippen molar-refractivity contribution < 1.29 is 18.7 Å². The van der Waals surface area contributed by atoms with Crippen LogP contribution in [0.25, 0.3) is 11.8 Å². The van der Waals surface area contributed by atoms with Gasteiger partial charge in [0.1, 0.15) is 5.76 Å². The van der Waals surface area contributed by atoms with Crippen molar-refractivity contribution in [1.29, 1.82) is 0 Å². The summed E-state index contributed by atoms with van der Waals surface area (Å²) in [5.74, 6) is -0.336. The number of para-hydroxylation sites is 1. The summed E-state index contributed by atoms with van der Waals surface area (Å²) in [7, 11) is 0. The van der Waals surface area contributed by atoms with E-state index in [0.29, 0.717) is 16.0 Å². The van der Waals surface area contributed by atoms with Gasteiger partial charge in [-0.3, -0.25) is 4.79 Å². The average molecular weight is 428 g/mol. The topological polar surface area (TPSA) is 61.4 Å². The van der Waals surface area contributed by atoms with Crippen LogP contribution in [-0.2, 0) is 9.53 Å². The second-order valence-electron chi connectivity index (χ2n) is 5.96. The number of nitrogens with zero attached hydrogens (tertiary/aromatic N) is 1. The molecule has 0 unspecified atom stereocenters. The molecule has 0 atom stereocenters. The molecule has 0 saturated carbocycles. The van der Waals surface area contributed by atoms with Crippen LogP contribution < -0.4 is 0 Å². The quantitative estimate of drug-likeness (QED) is 0.319. The van der Waals surface area contributed by atoms with Crippen molar-refractivity contribution in [2.75, 3.05) is 6.61 Å². The van der Waals surface area contributed by atoms with Gasteiger partial charge in [0.05, 0.1) is 0 Å². The molecule has 0 bridgehead atoms. The van der Waals surface area contributed by atoms with Crippen molar-refractivity contribution in [3.05, 3.63) is 82.0 Å². The van der Waals surface area contributed by atoms with E-state index in [1.165, 1.54) is 12.2 Å². The number of hydrogen-bond donors (Lipinski definition) is 0. The predicted octanol–water partition coefficient (Wildman–Crippen LogP) is 4.89. The van der Waals surface area contributed by atoms with Gasteiger partial charge >= 0.3 is 5.97 Å². The van der Waals surface area contributed by atoms with Crippen molar-refractivity contribution in [1.82, 2.24) is 4.57 Å². The molecule has 0 spiro atoms. The lowest BCUT2D eigenvalue weighted by Gasteiger charge is -2.09. The minimum Gasteiger partial charge on any atom is -0.454 e. The fourth-order valence-electron chi connectivity index (χ4n) is 2.85. The Balaban J connectivity index is 1.66. The number of benzene rings is 1. The zero-order chi connectivity index (χ0) is 19.4. The number of carbonyl (C=O) groups excluding carboxylic acids is 2. The van der Waals surface area contributed by atoms with Crippen LogP contribution in [0.4, 0.5) is 0 Å². The SMILES string of the molecule is Cc1cc(C(=O)COC(=O)C=Cc2ccc(Br)o2)c(C)n1-c1ccccc1. The predicted molar refractivity (Wildman–Crippen MR) is 106 cm³/mol. The molecule has 0 radical (unpaired) electrons. The van der Waals surface area contributed by atoms with Gasteiger partial charge in [0.2, 0.25) is 5.78 Å². The Bertz CT molecular complexity index is 999. The van der Waals surface area contributed by atoms with E-state index in [9.17, 15) is 9.59 Å². The third-order valence-corrected chi connectivity index (χ3v) is 4.50. The molecule has 3 aromatic rings. The summed E-state index contributed by atoms with van der Waals surface area (Å²) in [4.78, 5) is 24.3. The van der Waals surface area contributed by atoms with E-state index >= 15 is 0 Å². The Morgan fingerprint density at radius 1 is 1.15 bits per heavy atom. The van der Waals surface area contributed by atoms with Gasteiger partial charge in [-0.1, -0.05) is 18.2 Å². The lowest BCUT2D eigenvalue weighted by Crippen LogP contribution is -2.13. The molecule has 0 aliphatic heterocycles. The van der Waals surface area contributed by atoms with E-state index in [1.807, 2.05) is 54.8 Å². The molecule has 2 heterocycles. The van der Waals surface area contributed by atoms with Crippen LogP contribution in [0.5, 0.6) is 0 Å². The number of aryl methyl sites for hydroxylation is 1. The van der Waals surface area contributed by atoms with E-state index in [-0.39, 0.29) is 12.4 Å². The molecule has 0 aliphatic rings. The number of ketones is 1. The zero-order valence-corrected chi connectivity index (χ0v) is 16.5. The fraction of sp³-hybridized carbons (Fsp3) is 0.143. The molecule has 0 N–H and O–H groups in total. The van der Waals surface area contributed by atoms with E-state index in [4.69, 9.17) is 9.15 Å². The van der Waals surface area contributed by atoms with Crippen LogP contribution in [0.1, 0.15) is 27.5 Å². The van der Waals surface area contributed by atoms with Crippen LogP contribution in [0, 0.1) is 13.8 Å². The lowest BCUT2D eigenvalue weighted by molar-refractivity contribution is -0.136. The van der Waals surface area contributed by atoms with Crippen molar-refractivity contribution >= 4 is 33.8 Å². The summed E-state index contributed by atoms with van der Waals surface area (Å²) in [6.07, 6.45) is 2.71. The van der Waals surface area contributed by atoms with Crippen molar-refractivity contribution in [3.8, 4) is 5.69 Å². The molecule has 3 rings (SSSR count). The number of esters is 1. The van der Waals surface area contributed by atoms with Gasteiger partial charge in [0.15, 0.2) is 11.3 Å². The minimum atomic E-state index is -0.604. The lowest BCUT2D eigenvalue weighted by atomic mass is 10.1. The van der Waals surface area contributed by atoms with Crippen LogP contribution >= 0.6 is 15.9 Å². The standard InChI is InChI=1S/C21H18BrNO4/c1-14-12-18(15(2)23(14)16-6-4-3-5-7-16)19(24)13-26-21(25)11-9-17-8-10-20(22)27-17/h3-12H,13H2,1-2H3. The molecule has 1 aromatic carbocycles. The Hall–Kier alpha value is -2.86. The summed E-state index contributed by atoms with van der Waals surface area (Å²) in [6, 6.07) is 15.0. The third-order valence-electron chi connectivity index (χ3n) is 4.07. The molecule has 0 amide bonds. The normalized spacial score (nSPS) is 11.1. The van der Waals surface area contributed by atoms with E-state index in [1.54, 1.807) is 12.1 Å². The number of halogens is 1. The van der Waals surface area contributed by atoms with Crippen LogP contribution in [0.3, 0.4) is 0 Å². The minimum absolute atomic E-state index is 0.243. The number of Topliss-reactive ketones (excluding diaryl/α,β-unsaturated/α-hetero) is 1. The Kier molecular flexibility index (Phi) is 5.76. The van der Waals surface area contributed by atoms with Crippen LogP contribution in [0.2, 0.25) is 0 Å². The number of aromatic nitrogens is 1. The maximum absolute atomic E-state index is 12.5. The van der Waals surface area contributed by atoms with Gasteiger partial charge in [-0.25, -0.2) is 4.79 Å². The number of hydrogen-bond acceptors (Lipinski definition) is 4. The Labute approximate surface area is 165 Å². The summed E-state index contributed by atoms with van der Waals surface area (Å²) in [5.41, 5.74) is 3.28. The number of ether oxygens (including phenoxy) is 1. The van der Waals surface area contributed by atoms with Crippen molar-refractivity contribution in [2.24, 2.45) is 0 Å². The molecule has 6 heteroatoms. The molecule has 0 fully saturated rings. The van der Waals surface area contributed by atoms with Gasteiger partial charge in [-0.2, -0.15) is 0 Å². The molecular weight excluding hydrogens is 410 g/mol. The highest BCUT2D eigenvalue weighted by Gasteiger charge is 2.17. The van der Waals surface area contributed by atoms with Gasteiger partial charge in [0, 0.05) is 28.7 Å². The van der Waals surface area contributed by atoms with E-state index in [2.05, 4.69) is 15.9 Å². The van der Waals surface area contributed by atoms with Gasteiger partial charge in [-0.05, 0) is 66.2 Å². The maximum Gasteiger partial charge on any atom is 0.331 e. The summed E-state index contributed by atoms with van der Waals surface area (Å²) in [6.45, 7) is 3.50. The first kappa shape index (κ1) is 18.9. The molecule has 0 saturated heterocycles. The maximum atomic E-state index is 12.5. The van der Waals surface area contributed by atoms with E-state index in [0.717, 1.165) is 17.1 Å². The fourth-order valence-corrected chi connectivity index (χ4v) is 3.17. The first-order valence-electron chi connectivity index (χ1n) is 8.33. The largest absolute Gasteiger partial charge is 0.454 e. The van der Waals surface area contributed by atoms with Gasteiger partial charge in [0.25, 0.3) is 0 Å². The van der Waals surface area contributed by atoms with Gasteiger partial charge < -0.3 is 13.7 Å². The van der Waals surface area contributed by atoms with Crippen molar-refractivity contribution in [2.45, 2.75) is 13.8 Å². The third kappa shape index (κ3) is 4.46. The Morgan fingerprint density at radius 3 is 2.56 bits per heavy atom. The zero-order valence-electron chi connectivity index (χ0n) is 14.9. The second-order valence-corrected chi connectivity index (χ2v) is 6.74. The van der Waals surface area contributed by atoms with E-state index < -0.39 is 5.97 Å². The summed E-state index contributed by atoms with van der Waals surface area (Å²) >= 11 is 3.18. The highest BCUT2D eigenvalue weighted by atomic mass is 79.9. The summed E-state index contributed by atoms with van der Waals surface area (Å²) < 4.78 is 12.9. The second kappa shape index (κ2) is 8.22. The molecule has 0 aliphatic carbocycles. The molecule has 2 aromatic heterocycles. The number of carbonyl (C=O) groups is 2. The monoisotopic (exact) mass is 427 g/mol. The molecule has 5 nitrogen and oxygen atoms in total. The number of rotatable bonds is 6. The van der Waals surface area contributed by atoms with Gasteiger partial charge in [-0.15, -0.1) is 0 Å². The smallest absolute Gasteiger partial charge is 0.331 e. The van der Waals surface area contributed by atoms with Crippen molar-refractivity contribution in [3.63, 3.8) is 0 Å². The molecule has 138 valence electrons. The summed E-state index contributed by atoms with van der Waals surface area (Å²) in [5, 5.41) is 0. The highest BCUT2D eigenvalue weighted by molar-refractivity contribution is 9.10. The van der Waals surface area contributed by atoms with Crippen LogP contribution in [0.15, 0.2) is 63.7 Å². The molecular formula is C21H18BrNO4.